The van der Waals surface area contributed by atoms with Crippen LogP contribution in [0.5, 0.6) is 0 Å². The van der Waals surface area contributed by atoms with Crippen LogP contribution < -0.4 is 0 Å². The van der Waals surface area contributed by atoms with Gasteiger partial charge in [0.05, 0.1) is 6.42 Å². The minimum atomic E-state index is -0.970. The molecule has 1 aromatic rings. The van der Waals surface area contributed by atoms with E-state index in [0.717, 1.165) is 17.5 Å². The molecule has 0 aliphatic heterocycles. The van der Waals surface area contributed by atoms with E-state index in [1.54, 1.807) is 0 Å². The highest BCUT2D eigenvalue weighted by molar-refractivity contribution is 5.83. The van der Waals surface area contributed by atoms with Crippen LogP contribution in [-0.4, -0.2) is 35.0 Å². The fraction of sp³-hybridized carbons (Fsp3) is 0.500. The number of carboxylic acid groups (broad SMARTS) is 1. The minimum Gasteiger partial charge on any atom is -0.480 e. The van der Waals surface area contributed by atoms with E-state index in [1.165, 1.54) is 4.90 Å². The van der Waals surface area contributed by atoms with Crippen LogP contribution in [-0.2, 0) is 22.4 Å². The number of carbonyl (C=O) groups is 2. The van der Waals surface area contributed by atoms with Crippen LogP contribution >= 0.6 is 0 Å². The first-order chi connectivity index (χ1) is 9.43. The standard InChI is InChI=1S/C16H23NO3/c1-4-13-7-5-6-8-14(13)9-15(18)17(10-12(2)3)11-16(19)20/h5-8,12H,4,9-11H2,1-3H3,(H,19,20). The molecule has 0 heterocycles. The fourth-order valence-corrected chi connectivity index (χ4v) is 2.21. The Hall–Kier alpha value is -1.84. The summed E-state index contributed by atoms with van der Waals surface area (Å²) in [5.41, 5.74) is 2.12. The molecule has 0 aliphatic rings. The molecule has 0 aliphatic carbocycles. The van der Waals surface area contributed by atoms with Gasteiger partial charge in [-0.2, -0.15) is 0 Å². The van der Waals surface area contributed by atoms with Crippen LogP contribution in [0.4, 0.5) is 0 Å². The predicted molar refractivity (Wildman–Crippen MR) is 78.6 cm³/mol. The Kier molecular flexibility index (Phi) is 6.22. The number of amides is 1. The molecule has 0 saturated carbocycles. The quantitative estimate of drug-likeness (QED) is 0.832. The van der Waals surface area contributed by atoms with Crippen molar-refractivity contribution in [3.63, 3.8) is 0 Å². The largest absolute Gasteiger partial charge is 0.480 e. The third kappa shape index (κ3) is 5.03. The second-order valence-electron chi connectivity index (χ2n) is 5.36. The summed E-state index contributed by atoms with van der Waals surface area (Å²) in [6.07, 6.45) is 1.14. The summed E-state index contributed by atoms with van der Waals surface area (Å²) in [5.74, 6) is -0.843. The Balaban J connectivity index is 2.81. The first kappa shape index (κ1) is 16.2. The zero-order valence-corrected chi connectivity index (χ0v) is 12.4. The zero-order chi connectivity index (χ0) is 15.1. The third-order valence-electron chi connectivity index (χ3n) is 3.11. The van der Waals surface area contributed by atoms with Crippen molar-refractivity contribution in [2.45, 2.75) is 33.6 Å². The summed E-state index contributed by atoms with van der Waals surface area (Å²) >= 11 is 0. The molecule has 1 rings (SSSR count). The van der Waals surface area contributed by atoms with Gasteiger partial charge in [0.25, 0.3) is 0 Å². The molecule has 110 valence electrons. The lowest BCUT2D eigenvalue weighted by molar-refractivity contribution is -0.144. The number of aryl methyl sites for hydroxylation is 1. The van der Waals surface area contributed by atoms with Gasteiger partial charge in [0, 0.05) is 6.54 Å². The molecule has 4 heteroatoms. The van der Waals surface area contributed by atoms with Crippen LogP contribution in [0.25, 0.3) is 0 Å². The molecule has 0 unspecified atom stereocenters. The molecule has 0 bridgehead atoms. The van der Waals surface area contributed by atoms with E-state index >= 15 is 0 Å². The summed E-state index contributed by atoms with van der Waals surface area (Å²) in [6, 6.07) is 7.80. The lowest BCUT2D eigenvalue weighted by atomic mass is 10.0. The Morgan fingerprint density at radius 3 is 2.30 bits per heavy atom. The number of rotatable bonds is 7. The molecule has 0 radical (unpaired) electrons. The van der Waals surface area contributed by atoms with Crippen LogP contribution in [0.2, 0.25) is 0 Å². The maximum absolute atomic E-state index is 12.3. The maximum atomic E-state index is 12.3. The number of nitrogens with zero attached hydrogens (tertiary/aromatic N) is 1. The molecular weight excluding hydrogens is 254 g/mol. The van der Waals surface area contributed by atoms with Crippen molar-refractivity contribution >= 4 is 11.9 Å². The highest BCUT2D eigenvalue weighted by atomic mass is 16.4. The van der Waals surface area contributed by atoms with Crippen molar-refractivity contribution in [1.82, 2.24) is 4.90 Å². The highest BCUT2D eigenvalue weighted by Crippen LogP contribution is 2.12. The second-order valence-corrected chi connectivity index (χ2v) is 5.36. The van der Waals surface area contributed by atoms with Gasteiger partial charge in [-0.25, -0.2) is 0 Å². The van der Waals surface area contributed by atoms with E-state index in [4.69, 9.17) is 5.11 Å². The van der Waals surface area contributed by atoms with Crippen molar-refractivity contribution < 1.29 is 14.7 Å². The summed E-state index contributed by atoms with van der Waals surface area (Å²) in [7, 11) is 0. The number of benzene rings is 1. The first-order valence-corrected chi connectivity index (χ1v) is 7.00. The van der Waals surface area contributed by atoms with Gasteiger partial charge in [-0.15, -0.1) is 0 Å². The lowest BCUT2D eigenvalue weighted by Crippen LogP contribution is -2.39. The van der Waals surface area contributed by atoms with Gasteiger partial charge < -0.3 is 10.0 Å². The van der Waals surface area contributed by atoms with Gasteiger partial charge in [0.2, 0.25) is 5.91 Å². The zero-order valence-electron chi connectivity index (χ0n) is 12.4. The fourth-order valence-electron chi connectivity index (χ4n) is 2.21. The van der Waals surface area contributed by atoms with Crippen LogP contribution in [0.1, 0.15) is 31.9 Å². The van der Waals surface area contributed by atoms with E-state index in [2.05, 4.69) is 0 Å². The van der Waals surface area contributed by atoms with Crippen molar-refractivity contribution in [3.8, 4) is 0 Å². The number of aliphatic carboxylic acids is 1. The summed E-state index contributed by atoms with van der Waals surface area (Å²) in [6.45, 7) is 6.24. The molecule has 0 aromatic heterocycles. The molecular formula is C16H23NO3. The van der Waals surface area contributed by atoms with Gasteiger partial charge >= 0.3 is 5.97 Å². The van der Waals surface area contributed by atoms with Gasteiger partial charge in [-0.1, -0.05) is 45.0 Å². The second kappa shape index (κ2) is 7.68. The first-order valence-electron chi connectivity index (χ1n) is 7.00. The van der Waals surface area contributed by atoms with E-state index < -0.39 is 5.97 Å². The van der Waals surface area contributed by atoms with Crippen molar-refractivity contribution in [1.29, 1.82) is 0 Å². The number of carboxylic acids is 1. The summed E-state index contributed by atoms with van der Waals surface area (Å²) in [4.78, 5) is 24.6. The number of carbonyl (C=O) groups excluding carboxylic acids is 1. The molecule has 4 nitrogen and oxygen atoms in total. The predicted octanol–water partition coefficient (Wildman–Crippen LogP) is 2.36. The lowest BCUT2D eigenvalue weighted by Gasteiger charge is -2.23. The molecule has 0 saturated heterocycles. The third-order valence-corrected chi connectivity index (χ3v) is 3.11. The van der Waals surface area contributed by atoms with Gasteiger partial charge in [-0.3, -0.25) is 9.59 Å². The van der Waals surface area contributed by atoms with E-state index in [0.29, 0.717) is 6.54 Å². The molecule has 1 N–H and O–H groups in total. The van der Waals surface area contributed by atoms with E-state index in [1.807, 2.05) is 45.0 Å². The summed E-state index contributed by atoms with van der Waals surface area (Å²) in [5, 5.41) is 8.92. The van der Waals surface area contributed by atoms with E-state index in [9.17, 15) is 9.59 Å². The minimum absolute atomic E-state index is 0.123. The van der Waals surface area contributed by atoms with Gasteiger partial charge in [0.1, 0.15) is 6.54 Å². The monoisotopic (exact) mass is 277 g/mol. The maximum Gasteiger partial charge on any atom is 0.323 e. The normalized spacial score (nSPS) is 10.6. The Morgan fingerprint density at radius 1 is 1.20 bits per heavy atom. The smallest absolute Gasteiger partial charge is 0.323 e. The van der Waals surface area contributed by atoms with E-state index in [-0.39, 0.29) is 24.8 Å². The highest BCUT2D eigenvalue weighted by Gasteiger charge is 2.18. The molecule has 0 spiro atoms. The average Bonchev–Trinajstić information content (AvgIpc) is 2.37. The number of hydrogen-bond donors (Lipinski definition) is 1. The summed E-state index contributed by atoms with van der Waals surface area (Å²) < 4.78 is 0. The molecule has 20 heavy (non-hydrogen) atoms. The molecule has 1 amide bonds. The van der Waals surface area contributed by atoms with Crippen molar-refractivity contribution in [3.05, 3.63) is 35.4 Å². The molecule has 1 aromatic carbocycles. The Labute approximate surface area is 120 Å². The Bertz CT molecular complexity index is 469. The Morgan fingerprint density at radius 2 is 1.80 bits per heavy atom. The topological polar surface area (TPSA) is 57.6 Å². The SMILES string of the molecule is CCc1ccccc1CC(=O)N(CC(=O)O)CC(C)C. The van der Waals surface area contributed by atoms with Gasteiger partial charge in [-0.05, 0) is 23.5 Å². The van der Waals surface area contributed by atoms with Crippen LogP contribution in [0, 0.1) is 5.92 Å². The van der Waals surface area contributed by atoms with Crippen molar-refractivity contribution in [2.75, 3.05) is 13.1 Å². The molecule has 0 fully saturated rings. The van der Waals surface area contributed by atoms with Crippen LogP contribution in [0.3, 0.4) is 0 Å². The van der Waals surface area contributed by atoms with Gasteiger partial charge in [0.15, 0.2) is 0 Å². The molecule has 0 atom stereocenters. The average molecular weight is 277 g/mol. The number of hydrogen-bond acceptors (Lipinski definition) is 2. The van der Waals surface area contributed by atoms with Crippen LogP contribution in [0.15, 0.2) is 24.3 Å². The van der Waals surface area contributed by atoms with Crippen molar-refractivity contribution in [2.24, 2.45) is 5.92 Å².